The van der Waals surface area contributed by atoms with Crippen molar-refractivity contribution in [2.75, 3.05) is 20.2 Å². The third-order valence-electron chi connectivity index (χ3n) is 3.81. The monoisotopic (exact) mass is 303 g/mol. The number of rotatable bonds is 5. The number of methoxy groups -OCH3 is 1. The number of ether oxygens (including phenoxy) is 1. The summed E-state index contributed by atoms with van der Waals surface area (Å²) in [5.74, 6) is 0.808. The number of guanidine groups is 1. The summed E-state index contributed by atoms with van der Waals surface area (Å²) in [6.45, 7) is 3.17. The van der Waals surface area contributed by atoms with Crippen LogP contribution in [0.15, 0.2) is 28.4 Å². The van der Waals surface area contributed by atoms with E-state index in [0.29, 0.717) is 0 Å². The molecule has 1 aliphatic rings. The van der Waals surface area contributed by atoms with Gasteiger partial charge in [0, 0.05) is 6.54 Å². The molecular weight excluding hydrogens is 278 g/mol. The van der Waals surface area contributed by atoms with E-state index in [4.69, 9.17) is 16.2 Å². The third kappa shape index (κ3) is 5.04. The van der Waals surface area contributed by atoms with Crippen molar-refractivity contribution in [3.63, 3.8) is 0 Å². The molecule has 0 bridgehead atoms. The summed E-state index contributed by atoms with van der Waals surface area (Å²) in [7, 11) is 1.68. The maximum absolute atomic E-state index is 5.34. The van der Waals surface area contributed by atoms with Crippen molar-refractivity contribution in [2.24, 2.45) is 21.7 Å². The Morgan fingerprint density at radius 3 is 2.59 bits per heavy atom. The minimum atomic E-state index is -0.0428. The van der Waals surface area contributed by atoms with Crippen LogP contribution in [0.3, 0.4) is 0 Å². The highest BCUT2D eigenvalue weighted by Crippen LogP contribution is 2.20. The van der Waals surface area contributed by atoms with Gasteiger partial charge in [0.15, 0.2) is 0 Å². The van der Waals surface area contributed by atoms with Crippen molar-refractivity contribution < 1.29 is 4.74 Å². The molecular formula is C16H25N5O. The minimum Gasteiger partial charge on any atom is -0.497 e. The highest BCUT2D eigenvalue weighted by Gasteiger charge is 2.12. The smallest absolute Gasteiger partial charge is 0.211 e. The molecule has 1 saturated heterocycles. The summed E-state index contributed by atoms with van der Waals surface area (Å²) in [6.07, 6.45) is 6.87. The molecule has 0 saturated carbocycles. The molecule has 22 heavy (non-hydrogen) atoms. The predicted molar refractivity (Wildman–Crippen MR) is 90.1 cm³/mol. The Morgan fingerprint density at radius 1 is 1.23 bits per heavy atom. The van der Waals surface area contributed by atoms with Gasteiger partial charge in [0.25, 0.3) is 0 Å². The van der Waals surface area contributed by atoms with Gasteiger partial charge in [0.1, 0.15) is 5.75 Å². The van der Waals surface area contributed by atoms with Crippen LogP contribution in [0.2, 0.25) is 0 Å². The highest BCUT2D eigenvalue weighted by atomic mass is 16.5. The Labute approximate surface area is 131 Å². The first-order valence-electron chi connectivity index (χ1n) is 7.70. The molecule has 0 unspecified atom stereocenters. The lowest BCUT2D eigenvalue weighted by Crippen LogP contribution is -2.24. The van der Waals surface area contributed by atoms with Gasteiger partial charge in [-0.05, 0) is 55.3 Å². The van der Waals surface area contributed by atoms with E-state index in [1.807, 2.05) is 12.1 Å². The molecule has 1 aromatic rings. The van der Waals surface area contributed by atoms with Gasteiger partial charge in [0.05, 0.1) is 13.3 Å². The second-order valence-corrected chi connectivity index (χ2v) is 5.52. The summed E-state index contributed by atoms with van der Waals surface area (Å²) < 4.78 is 5.34. The van der Waals surface area contributed by atoms with Gasteiger partial charge in [-0.3, -0.25) is 4.90 Å². The molecule has 6 heteroatoms. The van der Waals surface area contributed by atoms with Crippen molar-refractivity contribution in [1.29, 1.82) is 0 Å². The Morgan fingerprint density at radius 2 is 1.95 bits per heavy atom. The Kier molecular flexibility index (Phi) is 6.21. The molecule has 1 heterocycles. The number of hydrogen-bond acceptors (Lipinski definition) is 4. The van der Waals surface area contributed by atoms with E-state index in [2.05, 4.69) is 21.2 Å². The minimum absolute atomic E-state index is 0.0428. The van der Waals surface area contributed by atoms with E-state index >= 15 is 0 Å². The van der Waals surface area contributed by atoms with Gasteiger partial charge >= 0.3 is 0 Å². The van der Waals surface area contributed by atoms with Gasteiger partial charge in [0.2, 0.25) is 5.96 Å². The Balaban J connectivity index is 2.18. The topological polar surface area (TPSA) is 89.2 Å². The zero-order valence-electron chi connectivity index (χ0n) is 13.2. The van der Waals surface area contributed by atoms with Crippen molar-refractivity contribution in [3.05, 3.63) is 29.3 Å². The third-order valence-corrected chi connectivity index (χ3v) is 3.81. The van der Waals surface area contributed by atoms with E-state index in [1.54, 1.807) is 13.3 Å². The summed E-state index contributed by atoms with van der Waals surface area (Å²) in [4.78, 5) is 2.49. The van der Waals surface area contributed by atoms with Crippen molar-refractivity contribution in [1.82, 2.24) is 4.90 Å². The van der Waals surface area contributed by atoms with E-state index in [1.165, 1.54) is 31.2 Å². The van der Waals surface area contributed by atoms with Crippen LogP contribution in [-0.4, -0.2) is 37.3 Å². The number of likely N-dealkylation sites (tertiary alicyclic amines) is 1. The molecule has 0 aliphatic carbocycles. The number of hydrogen-bond donors (Lipinski definition) is 2. The predicted octanol–water partition coefficient (Wildman–Crippen LogP) is 1.68. The van der Waals surface area contributed by atoms with Gasteiger partial charge in [-0.1, -0.05) is 12.8 Å². The van der Waals surface area contributed by atoms with Crippen LogP contribution in [0.25, 0.3) is 0 Å². The zero-order valence-corrected chi connectivity index (χ0v) is 13.2. The molecule has 0 aromatic heterocycles. The quantitative estimate of drug-likeness (QED) is 0.492. The van der Waals surface area contributed by atoms with Gasteiger partial charge < -0.3 is 16.2 Å². The lowest BCUT2D eigenvalue weighted by Gasteiger charge is -2.21. The van der Waals surface area contributed by atoms with Crippen LogP contribution < -0.4 is 16.2 Å². The Bertz CT molecular complexity index is 529. The zero-order chi connectivity index (χ0) is 15.8. The molecule has 1 aromatic carbocycles. The van der Waals surface area contributed by atoms with Gasteiger partial charge in [-0.15, -0.1) is 5.10 Å². The maximum atomic E-state index is 5.34. The molecule has 1 aliphatic heterocycles. The normalized spacial score (nSPS) is 16.4. The van der Waals surface area contributed by atoms with Crippen LogP contribution in [0.1, 0.15) is 36.8 Å². The number of nitrogens with zero attached hydrogens (tertiary/aromatic N) is 3. The van der Waals surface area contributed by atoms with Crippen molar-refractivity contribution >= 4 is 12.2 Å². The average molecular weight is 303 g/mol. The molecule has 120 valence electrons. The van der Waals surface area contributed by atoms with Crippen LogP contribution in [0.5, 0.6) is 5.75 Å². The summed E-state index contributed by atoms with van der Waals surface area (Å²) in [5.41, 5.74) is 12.8. The molecule has 1 fully saturated rings. The van der Waals surface area contributed by atoms with E-state index in [-0.39, 0.29) is 5.96 Å². The van der Waals surface area contributed by atoms with Crippen LogP contribution in [0, 0.1) is 0 Å². The second kappa shape index (κ2) is 8.38. The van der Waals surface area contributed by atoms with Gasteiger partial charge in [-0.2, -0.15) is 5.10 Å². The molecule has 0 amide bonds. The number of nitrogens with two attached hydrogens (primary N) is 2. The number of benzene rings is 1. The van der Waals surface area contributed by atoms with Crippen molar-refractivity contribution in [3.8, 4) is 5.75 Å². The highest BCUT2D eigenvalue weighted by molar-refractivity contribution is 5.83. The van der Waals surface area contributed by atoms with Crippen molar-refractivity contribution in [2.45, 2.75) is 32.2 Å². The maximum Gasteiger partial charge on any atom is 0.211 e. The van der Waals surface area contributed by atoms with E-state index < -0.39 is 0 Å². The van der Waals surface area contributed by atoms with Crippen LogP contribution in [-0.2, 0) is 6.54 Å². The summed E-state index contributed by atoms with van der Waals surface area (Å²) in [6, 6.07) is 5.96. The standard InChI is InChI=1S/C16H25N5O/c1-22-15-7-6-13(11-19-20-16(17)18)14(10-15)12-21-8-4-2-3-5-9-21/h6-7,10-11H,2-5,8-9,12H2,1H3,(H4,17,18,20). The average Bonchev–Trinajstić information content (AvgIpc) is 2.77. The lowest BCUT2D eigenvalue weighted by molar-refractivity contribution is 0.276. The molecule has 2 rings (SSSR count). The second-order valence-electron chi connectivity index (χ2n) is 5.52. The SMILES string of the molecule is COc1ccc(C=NN=C(N)N)c(CN2CCCCCC2)c1. The molecule has 4 N–H and O–H groups in total. The first kappa shape index (κ1) is 16.3. The fourth-order valence-corrected chi connectivity index (χ4v) is 2.66. The van der Waals surface area contributed by atoms with Gasteiger partial charge in [-0.25, -0.2) is 0 Å². The largest absolute Gasteiger partial charge is 0.497 e. The van der Waals surface area contributed by atoms with E-state index in [9.17, 15) is 0 Å². The lowest BCUT2D eigenvalue weighted by atomic mass is 10.1. The summed E-state index contributed by atoms with van der Waals surface area (Å²) in [5, 5.41) is 7.58. The fraction of sp³-hybridized carbons (Fsp3) is 0.500. The fourth-order valence-electron chi connectivity index (χ4n) is 2.66. The van der Waals surface area contributed by atoms with E-state index in [0.717, 1.165) is 30.9 Å². The first-order chi connectivity index (χ1) is 10.7. The molecule has 6 nitrogen and oxygen atoms in total. The summed E-state index contributed by atoms with van der Waals surface area (Å²) >= 11 is 0. The van der Waals surface area contributed by atoms with Crippen LogP contribution >= 0.6 is 0 Å². The molecule has 0 atom stereocenters. The Hall–Kier alpha value is -2.08. The van der Waals surface area contributed by atoms with Crippen LogP contribution in [0.4, 0.5) is 0 Å². The molecule has 0 radical (unpaired) electrons. The molecule has 0 spiro atoms. The first-order valence-corrected chi connectivity index (χ1v) is 7.70.